The smallest absolute Gasteiger partial charge is 0.310 e. The van der Waals surface area contributed by atoms with Crippen molar-refractivity contribution in [1.29, 1.82) is 0 Å². The van der Waals surface area contributed by atoms with Gasteiger partial charge in [0.25, 0.3) is 0 Å². The summed E-state index contributed by atoms with van der Waals surface area (Å²) >= 11 is 0. The van der Waals surface area contributed by atoms with Gasteiger partial charge in [0.2, 0.25) is 0 Å². The molecule has 0 heterocycles. The first-order valence-electron chi connectivity index (χ1n) is 11.6. The third-order valence-electron chi connectivity index (χ3n) is 4.88. The Hall–Kier alpha value is -1.67. The molecule has 0 fully saturated rings. The van der Waals surface area contributed by atoms with Crippen LogP contribution in [0, 0.1) is 11.8 Å². The van der Waals surface area contributed by atoms with E-state index in [1.165, 1.54) is 0 Å². The number of ether oxygens (including phenoxy) is 4. The molecule has 0 aliphatic carbocycles. The van der Waals surface area contributed by atoms with Crippen LogP contribution in [0.25, 0.3) is 0 Å². The second-order valence-electron chi connectivity index (χ2n) is 7.61. The van der Waals surface area contributed by atoms with Crippen LogP contribution in [0.15, 0.2) is 0 Å². The van der Waals surface area contributed by atoms with Crippen molar-refractivity contribution >= 4 is 17.9 Å². The van der Waals surface area contributed by atoms with Crippen LogP contribution in [0.1, 0.15) is 78.6 Å². The second kappa shape index (κ2) is 20.2. The highest BCUT2D eigenvalue weighted by Crippen LogP contribution is 2.21. The zero-order valence-corrected chi connectivity index (χ0v) is 19.6. The molecule has 0 saturated heterocycles. The van der Waals surface area contributed by atoms with Gasteiger partial charge in [-0.3, -0.25) is 14.4 Å². The molecule has 0 aliphatic rings. The first-order chi connectivity index (χ1) is 15.0. The highest BCUT2D eigenvalue weighted by molar-refractivity contribution is 5.85. The first-order valence-corrected chi connectivity index (χ1v) is 11.6. The fourth-order valence-corrected chi connectivity index (χ4v) is 2.89. The van der Waals surface area contributed by atoms with Gasteiger partial charge in [0, 0.05) is 0 Å². The maximum Gasteiger partial charge on any atom is 0.310 e. The Morgan fingerprint density at radius 1 is 0.710 bits per heavy atom. The van der Waals surface area contributed by atoms with Crippen molar-refractivity contribution in [3.05, 3.63) is 0 Å². The van der Waals surface area contributed by atoms with Crippen molar-refractivity contribution in [2.45, 2.75) is 78.6 Å². The van der Waals surface area contributed by atoms with Crippen LogP contribution in [0.3, 0.4) is 0 Å². The average molecular weight is 447 g/mol. The van der Waals surface area contributed by atoms with Gasteiger partial charge in [-0.15, -0.1) is 0 Å². The summed E-state index contributed by atoms with van der Waals surface area (Å²) in [5.74, 6) is -3.51. The summed E-state index contributed by atoms with van der Waals surface area (Å²) in [6.45, 7) is 6.50. The summed E-state index contributed by atoms with van der Waals surface area (Å²) < 4.78 is 20.8. The number of unbranched alkanes of at least 4 members (excludes halogenated alkanes) is 6. The highest BCUT2D eigenvalue weighted by Gasteiger charge is 2.35. The van der Waals surface area contributed by atoms with E-state index in [9.17, 15) is 14.4 Å². The molecule has 0 saturated carbocycles. The molecule has 0 bridgehead atoms. The standard InChI is InChI=1S/C23H42O8/c1-4-6-8-10-13-29-21(25)18-20(23(27)30-14-11-9-7-5-2)19(3)22(26)31-17-16-28-15-12-24/h19-20,24H,4-18H2,1-3H3. The number of hydrogen-bond donors (Lipinski definition) is 1. The summed E-state index contributed by atoms with van der Waals surface area (Å²) in [5.41, 5.74) is 0. The van der Waals surface area contributed by atoms with Crippen molar-refractivity contribution in [2.24, 2.45) is 11.8 Å². The monoisotopic (exact) mass is 446 g/mol. The third kappa shape index (κ3) is 15.7. The van der Waals surface area contributed by atoms with Crippen molar-refractivity contribution in [3.63, 3.8) is 0 Å². The normalized spacial score (nSPS) is 12.8. The fourth-order valence-electron chi connectivity index (χ4n) is 2.89. The highest BCUT2D eigenvalue weighted by atomic mass is 16.6. The Morgan fingerprint density at radius 2 is 1.29 bits per heavy atom. The van der Waals surface area contributed by atoms with E-state index in [0.29, 0.717) is 6.61 Å². The minimum atomic E-state index is -0.958. The van der Waals surface area contributed by atoms with Crippen molar-refractivity contribution in [1.82, 2.24) is 0 Å². The number of esters is 3. The van der Waals surface area contributed by atoms with E-state index in [1.54, 1.807) is 6.92 Å². The zero-order chi connectivity index (χ0) is 23.3. The molecule has 8 nitrogen and oxygen atoms in total. The third-order valence-corrected chi connectivity index (χ3v) is 4.88. The Kier molecular flexibility index (Phi) is 19.2. The molecule has 2 atom stereocenters. The van der Waals surface area contributed by atoms with Gasteiger partial charge in [0.1, 0.15) is 6.61 Å². The van der Waals surface area contributed by atoms with Gasteiger partial charge in [0.05, 0.1) is 51.3 Å². The lowest BCUT2D eigenvalue weighted by molar-refractivity contribution is -0.164. The molecule has 182 valence electrons. The van der Waals surface area contributed by atoms with Crippen LogP contribution >= 0.6 is 0 Å². The predicted octanol–water partition coefficient (Wildman–Crippen LogP) is 3.43. The zero-order valence-electron chi connectivity index (χ0n) is 19.6. The Balaban J connectivity index is 4.69. The summed E-state index contributed by atoms with van der Waals surface area (Å²) in [5, 5.41) is 8.68. The van der Waals surface area contributed by atoms with Gasteiger partial charge in [-0.2, -0.15) is 0 Å². The molecule has 0 amide bonds. The van der Waals surface area contributed by atoms with Crippen LogP contribution < -0.4 is 0 Å². The fraction of sp³-hybridized carbons (Fsp3) is 0.870. The van der Waals surface area contributed by atoms with Crippen LogP contribution in [-0.2, 0) is 33.3 Å². The van der Waals surface area contributed by atoms with Crippen LogP contribution in [0.4, 0.5) is 0 Å². The minimum absolute atomic E-state index is 0.00380. The van der Waals surface area contributed by atoms with E-state index >= 15 is 0 Å². The van der Waals surface area contributed by atoms with E-state index in [-0.39, 0.29) is 39.5 Å². The molecule has 1 N–H and O–H groups in total. The Labute approximate surface area is 187 Å². The van der Waals surface area contributed by atoms with E-state index in [4.69, 9.17) is 24.1 Å². The molecule has 0 rings (SSSR count). The predicted molar refractivity (Wildman–Crippen MR) is 116 cm³/mol. The summed E-state index contributed by atoms with van der Waals surface area (Å²) in [6.07, 6.45) is 7.54. The molecule has 2 unspecified atom stereocenters. The number of aliphatic hydroxyl groups excluding tert-OH is 1. The molecule has 0 aromatic rings. The SMILES string of the molecule is CCCCCCOC(=O)CC(C(=O)OCCCCCC)C(C)C(=O)OCCOCCO. The average Bonchev–Trinajstić information content (AvgIpc) is 2.76. The van der Waals surface area contributed by atoms with Gasteiger partial charge in [-0.25, -0.2) is 0 Å². The molecule has 0 radical (unpaired) electrons. The Bertz CT molecular complexity index is 480. The molecular weight excluding hydrogens is 404 g/mol. The number of carbonyl (C=O) groups is 3. The topological polar surface area (TPSA) is 108 Å². The second-order valence-corrected chi connectivity index (χ2v) is 7.61. The van der Waals surface area contributed by atoms with E-state index in [2.05, 4.69) is 13.8 Å². The number of carbonyl (C=O) groups excluding carboxylic acids is 3. The molecule has 0 aromatic heterocycles. The molecule has 0 aliphatic heterocycles. The lowest BCUT2D eigenvalue weighted by Crippen LogP contribution is -2.33. The lowest BCUT2D eigenvalue weighted by Gasteiger charge is -2.21. The van der Waals surface area contributed by atoms with Crippen molar-refractivity contribution in [3.8, 4) is 0 Å². The maximum atomic E-state index is 12.6. The quantitative estimate of drug-likeness (QED) is 0.172. The van der Waals surface area contributed by atoms with Gasteiger partial charge < -0.3 is 24.1 Å². The van der Waals surface area contributed by atoms with E-state index < -0.39 is 29.7 Å². The summed E-state index contributed by atoms with van der Waals surface area (Å²) in [7, 11) is 0. The molecular formula is C23H42O8. The minimum Gasteiger partial charge on any atom is -0.466 e. The molecule has 31 heavy (non-hydrogen) atoms. The molecule has 0 spiro atoms. The number of aliphatic hydroxyl groups is 1. The number of rotatable bonds is 20. The molecule has 0 aromatic carbocycles. The Morgan fingerprint density at radius 3 is 1.87 bits per heavy atom. The summed E-state index contributed by atoms with van der Waals surface area (Å²) in [6, 6.07) is 0. The van der Waals surface area contributed by atoms with Crippen LogP contribution in [-0.4, -0.2) is 62.7 Å². The lowest BCUT2D eigenvalue weighted by atomic mass is 9.91. The van der Waals surface area contributed by atoms with Gasteiger partial charge in [-0.05, 0) is 12.8 Å². The van der Waals surface area contributed by atoms with E-state index in [1.807, 2.05) is 0 Å². The van der Waals surface area contributed by atoms with Crippen molar-refractivity contribution in [2.75, 3.05) is 39.6 Å². The van der Waals surface area contributed by atoms with Crippen molar-refractivity contribution < 1.29 is 38.4 Å². The van der Waals surface area contributed by atoms with Crippen LogP contribution in [0.5, 0.6) is 0 Å². The van der Waals surface area contributed by atoms with Crippen LogP contribution in [0.2, 0.25) is 0 Å². The first kappa shape index (κ1) is 29.3. The van der Waals surface area contributed by atoms with Gasteiger partial charge in [-0.1, -0.05) is 59.3 Å². The maximum absolute atomic E-state index is 12.6. The molecule has 8 heteroatoms. The van der Waals surface area contributed by atoms with E-state index in [0.717, 1.165) is 51.4 Å². The largest absolute Gasteiger partial charge is 0.466 e. The summed E-state index contributed by atoms with van der Waals surface area (Å²) in [4.78, 5) is 37.2. The van der Waals surface area contributed by atoms with Gasteiger partial charge >= 0.3 is 17.9 Å². The number of hydrogen-bond acceptors (Lipinski definition) is 8. The van der Waals surface area contributed by atoms with Gasteiger partial charge in [0.15, 0.2) is 0 Å².